The van der Waals surface area contributed by atoms with Gasteiger partial charge in [-0.2, -0.15) is 0 Å². The minimum atomic E-state index is -1.92. The van der Waals surface area contributed by atoms with E-state index in [-0.39, 0.29) is 0 Å². The number of aliphatic hydroxyl groups excluding tert-OH is 1. The topological polar surface area (TPSA) is 99.0 Å². The van der Waals surface area contributed by atoms with E-state index in [4.69, 9.17) is 4.74 Å². The van der Waals surface area contributed by atoms with Gasteiger partial charge >= 0.3 is 6.09 Å². The molecule has 102 valence electrons. The molecule has 0 spiro atoms. The molecule has 0 saturated carbocycles. The van der Waals surface area contributed by atoms with Crippen LogP contribution in [0.15, 0.2) is 0 Å². The predicted octanol–water partition coefficient (Wildman–Crippen LogP) is 0.351. The van der Waals surface area contributed by atoms with E-state index in [1.54, 1.807) is 20.8 Å². The zero-order chi connectivity index (χ0) is 14.1. The normalized spacial score (nSPS) is 16.6. The molecule has 0 aliphatic heterocycles. The molecule has 0 heterocycles. The third-order valence-electron chi connectivity index (χ3n) is 2.55. The molecule has 0 aromatic heterocycles. The Hall–Kier alpha value is -0.850. The largest absolute Gasteiger partial charge is 0.444 e. The molecule has 4 N–H and O–H groups in total. The lowest BCUT2D eigenvalue weighted by Gasteiger charge is -2.42. The first-order valence-electron chi connectivity index (χ1n) is 5.39. The molecule has 0 aromatic rings. The Labute approximate surface area is 102 Å². The number of nitrogens with one attached hydrogen (secondary N) is 1. The summed E-state index contributed by atoms with van der Waals surface area (Å²) in [6.45, 7) is 9.10. The summed E-state index contributed by atoms with van der Waals surface area (Å²) in [5.74, 6) is 0. The van der Waals surface area contributed by atoms with Crippen LogP contribution in [0.25, 0.3) is 0 Å². The van der Waals surface area contributed by atoms with Crippen LogP contribution in [-0.4, -0.2) is 44.4 Å². The summed E-state index contributed by atoms with van der Waals surface area (Å²) in [7, 11) is 0. The van der Waals surface area contributed by atoms with E-state index in [2.05, 4.69) is 5.32 Å². The molecule has 0 aromatic carbocycles. The van der Waals surface area contributed by atoms with Crippen LogP contribution in [0.4, 0.5) is 4.79 Å². The molecule has 6 nitrogen and oxygen atoms in total. The van der Waals surface area contributed by atoms with Crippen LogP contribution in [0.5, 0.6) is 0 Å². The Kier molecular flexibility index (Phi) is 4.56. The first-order valence-corrected chi connectivity index (χ1v) is 5.39. The van der Waals surface area contributed by atoms with Gasteiger partial charge in [0.2, 0.25) is 0 Å². The summed E-state index contributed by atoms with van der Waals surface area (Å²) in [4.78, 5) is 11.6. The molecular formula is C11H23NO5. The number of hydrogen-bond donors (Lipinski definition) is 4. The van der Waals surface area contributed by atoms with Crippen LogP contribution in [0.2, 0.25) is 0 Å². The average Bonchev–Trinajstić information content (AvgIpc) is 1.96. The van der Waals surface area contributed by atoms with Crippen molar-refractivity contribution in [2.24, 2.45) is 0 Å². The number of carbonyl (C=O) groups excluding carboxylic acids is 1. The fourth-order valence-corrected chi connectivity index (χ4v) is 1.05. The SMILES string of the molecule is CC(C)(C)OC(=O)NC(C)(C(O)O)C(C)(C)O. The number of rotatable bonds is 3. The van der Waals surface area contributed by atoms with E-state index >= 15 is 0 Å². The highest BCUT2D eigenvalue weighted by Crippen LogP contribution is 2.25. The van der Waals surface area contributed by atoms with Crippen LogP contribution in [0.3, 0.4) is 0 Å². The highest BCUT2D eigenvalue weighted by atomic mass is 16.6. The van der Waals surface area contributed by atoms with Gasteiger partial charge in [-0.05, 0) is 41.5 Å². The summed E-state index contributed by atoms with van der Waals surface area (Å²) in [6.07, 6.45) is -2.75. The van der Waals surface area contributed by atoms with Gasteiger partial charge in [-0.1, -0.05) is 0 Å². The zero-order valence-electron chi connectivity index (χ0n) is 11.2. The molecule has 0 bridgehead atoms. The highest BCUT2D eigenvalue weighted by Gasteiger charge is 2.47. The van der Waals surface area contributed by atoms with Gasteiger partial charge in [0.05, 0.1) is 5.60 Å². The number of aliphatic hydroxyl groups is 3. The van der Waals surface area contributed by atoms with Crippen LogP contribution < -0.4 is 5.32 Å². The van der Waals surface area contributed by atoms with Gasteiger partial charge in [0.15, 0.2) is 6.29 Å². The first-order chi connectivity index (χ1) is 7.29. The fraction of sp³-hybridized carbons (Fsp3) is 0.909. The van der Waals surface area contributed by atoms with Crippen LogP contribution >= 0.6 is 0 Å². The van der Waals surface area contributed by atoms with Gasteiger partial charge in [0.1, 0.15) is 11.1 Å². The number of ether oxygens (including phenoxy) is 1. The summed E-state index contributed by atoms with van der Waals surface area (Å²) in [6, 6.07) is 0. The van der Waals surface area contributed by atoms with Crippen LogP contribution in [0, 0.1) is 0 Å². The van der Waals surface area contributed by atoms with E-state index < -0.39 is 29.1 Å². The third-order valence-corrected chi connectivity index (χ3v) is 2.55. The van der Waals surface area contributed by atoms with E-state index in [1.807, 2.05) is 0 Å². The van der Waals surface area contributed by atoms with Crippen molar-refractivity contribution in [1.82, 2.24) is 5.32 Å². The Morgan fingerprint density at radius 1 is 1.12 bits per heavy atom. The van der Waals surface area contributed by atoms with Gasteiger partial charge < -0.3 is 25.4 Å². The second-order valence-corrected chi connectivity index (χ2v) is 5.76. The van der Waals surface area contributed by atoms with Gasteiger partial charge in [0, 0.05) is 0 Å². The van der Waals surface area contributed by atoms with Crippen molar-refractivity contribution in [2.75, 3.05) is 0 Å². The Bertz CT molecular complexity index is 277. The molecule has 17 heavy (non-hydrogen) atoms. The van der Waals surface area contributed by atoms with Crippen LogP contribution in [0.1, 0.15) is 41.5 Å². The standard InChI is InChI=1S/C11H23NO5/c1-9(2,3)17-8(15)12-11(6,7(13)14)10(4,5)16/h7,13-14,16H,1-6H3,(H,12,15). The van der Waals surface area contributed by atoms with Gasteiger partial charge in [-0.15, -0.1) is 0 Å². The average molecular weight is 249 g/mol. The molecular weight excluding hydrogens is 226 g/mol. The van der Waals surface area contributed by atoms with Crippen molar-refractivity contribution < 1.29 is 24.9 Å². The van der Waals surface area contributed by atoms with Gasteiger partial charge in [0.25, 0.3) is 0 Å². The monoisotopic (exact) mass is 249 g/mol. The maximum atomic E-state index is 11.6. The molecule has 0 rings (SSSR count). The highest BCUT2D eigenvalue weighted by molar-refractivity contribution is 5.69. The molecule has 1 unspecified atom stereocenters. The molecule has 0 aliphatic rings. The summed E-state index contributed by atoms with van der Waals surface area (Å²) < 4.78 is 5.00. The number of amides is 1. The fourth-order valence-electron chi connectivity index (χ4n) is 1.05. The van der Waals surface area contributed by atoms with Crippen molar-refractivity contribution in [3.63, 3.8) is 0 Å². The lowest BCUT2D eigenvalue weighted by atomic mass is 9.83. The molecule has 0 radical (unpaired) electrons. The quantitative estimate of drug-likeness (QED) is 0.541. The Balaban J connectivity index is 4.87. The van der Waals surface area contributed by atoms with Crippen molar-refractivity contribution >= 4 is 6.09 Å². The summed E-state index contributed by atoms with van der Waals surface area (Å²) >= 11 is 0. The summed E-state index contributed by atoms with van der Waals surface area (Å²) in [5.41, 5.74) is -3.86. The van der Waals surface area contributed by atoms with E-state index in [1.165, 1.54) is 20.8 Å². The van der Waals surface area contributed by atoms with Gasteiger partial charge in [-0.3, -0.25) is 0 Å². The number of hydrogen-bond acceptors (Lipinski definition) is 5. The number of carbonyl (C=O) groups is 1. The Morgan fingerprint density at radius 3 is 1.76 bits per heavy atom. The maximum absolute atomic E-state index is 11.6. The lowest BCUT2D eigenvalue weighted by Crippen LogP contribution is -2.66. The zero-order valence-corrected chi connectivity index (χ0v) is 11.2. The molecule has 1 atom stereocenters. The van der Waals surface area contributed by atoms with Gasteiger partial charge in [-0.25, -0.2) is 4.79 Å². The number of alkyl carbamates (subject to hydrolysis) is 1. The van der Waals surface area contributed by atoms with Crippen molar-refractivity contribution in [1.29, 1.82) is 0 Å². The molecule has 0 saturated heterocycles. The van der Waals surface area contributed by atoms with E-state index in [9.17, 15) is 20.1 Å². The Morgan fingerprint density at radius 2 is 1.53 bits per heavy atom. The van der Waals surface area contributed by atoms with E-state index in [0.29, 0.717) is 0 Å². The van der Waals surface area contributed by atoms with Crippen molar-refractivity contribution in [2.45, 2.75) is 64.6 Å². The molecule has 1 amide bonds. The van der Waals surface area contributed by atoms with Crippen LogP contribution in [-0.2, 0) is 4.74 Å². The minimum Gasteiger partial charge on any atom is -0.444 e. The third kappa shape index (κ3) is 4.49. The minimum absolute atomic E-state index is 0.703. The lowest BCUT2D eigenvalue weighted by molar-refractivity contribution is -0.165. The second-order valence-electron chi connectivity index (χ2n) is 5.76. The van der Waals surface area contributed by atoms with Crippen molar-refractivity contribution in [3.05, 3.63) is 0 Å². The molecule has 0 aliphatic carbocycles. The summed E-state index contributed by atoms with van der Waals surface area (Å²) in [5, 5.41) is 30.7. The second kappa shape index (κ2) is 4.80. The molecule has 0 fully saturated rings. The maximum Gasteiger partial charge on any atom is 0.408 e. The van der Waals surface area contributed by atoms with Crippen molar-refractivity contribution in [3.8, 4) is 0 Å². The smallest absolute Gasteiger partial charge is 0.408 e. The molecule has 6 heteroatoms. The predicted molar refractivity (Wildman–Crippen MR) is 62.3 cm³/mol. The van der Waals surface area contributed by atoms with E-state index in [0.717, 1.165) is 0 Å². The first kappa shape index (κ1) is 16.1.